The van der Waals surface area contributed by atoms with Crippen LogP contribution in [-0.2, 0) is 6.42 Å². The maximum atomic E-state index is 14.0. The lowest BCUT2D eigenvalue weighted by atomic mass is 10.1. The van der Waals surface area contributed by atoms with Crippen molar-refractivity contribution in [3.8, 4) is 11.5 Å². The van der Waals surface area contributed by atoms with Crippen LogP contribution in [0.2, 0.25) is 0 Å². The third kappa shape index (κ3) is 3.12. The largest absolute Gasteiger partial charge is 0.454 e. The summed E-state index contributed by atoms with van der Waals surface area (Å²) in [4.78, 5) is 0. The highest BCUT2D eigenvalue weighted by atomic mass is 19.1. The van der Waals surface area contributed by atoms with Gasteiger partial charge in [-0.3, -0.25) is 0 Å². The Labute approximate surface area is 113 Å². The molecule has 19 heavy (non-hydrogen) atoms. The van der Waals surface area contributed by atoms with Crippen molar-refractivity contribution < 1.29 is 9.13 Å². The SMILES string of the molecule is CCc1ccccc1Oc1ccc([C@@H](C)N)cc1F. The van der Waals surface area contributed by atoms with Gasteiger partial charge in [0.2, 0.25) is 0 Å². The average molecular weight is 259 g/mol. The summed E-state index contributed by atoms with van der Waals surface area (Å²) in [7, 11) is 0. The molecule has 100 valence electrons. The van der Waals surface area contributed by atoms with E-state index in [0.29, 0.717) is 5.75 Å². The first-order chi connectivity index (χ1) is 9.11. The molecule has 2 nitrogen and oxygen atoms in total. The summed E-state index contributed by atoms with van der Waals surface area (Å²) in [6, 6.07) is 12.3. The maximum absolute atomic E-state index is 14.0. The number of rotatable bonds is 4. The van der Waals surface area contributed by atoms with E-state index in [9.17, 15) is 4.39 Å². The van der Waals surface area contributed by atoms with Gasteiger partial charge in [-0.05, 0) is 42.7 Å². The molecule has 0 radical (unpaired) electrons. The maximum Gasteiger partial charge on any atom is 0.166 e. The monoisotopic (exact) mass is 259 g/mol. The summed E-state index contributed by atoms with van der Waals surface area (Å²) < 4.78 is 19.6. The Balaban J connectivity index is 2.28. The van der Waals surface area contributed by atoms with Gasteiger partial charge in [-0.1, -0.05) is 31.2 Å². The standard InChI is InChI=1S/C16H18FNO/c1-3-12-6-4-5-7-15(12)19-16-9-8-13(11(2)18)10-14(16)17/h4-11H,3,18H2,1-2H3/t11-/m1/s1. The van der Waals surface area contributed by atoms with Gasteiger partial charge in [0.25, 0.3) is 0 Å². The molecule has 0 aromatic heterocycles. The lowest BCUT2D eigenvalue weighted by Gasteiger charge is -2.12. The van der Waals surface area contributed by atoms with Crippen molar-refractivity contribution in [1.82, 2.24) is 0 Å². The van der Waals surface area contributed by atoms with E-state index in [4.69, 9.17) is 10.5 Å². The van der Waals surface area contributed by atoms with Gasteiger partial charge in [0.1, 0.15) is 5.75 Å². The first kappa shape index (κ1) is 13.6. The summed E-state index contributed by atoms with van der Waals surface area (Å²) >= 11 is 0. The zero-order valence-electron chi connectivity index (χ0n) is 11.2. The van der Waals surface area contributed by atoms with Crippen molar-refractivity contribution in [1.29, 1.82) is 0 Å². The van der Waals surface area contributed by atoms with E-state index in [0.717, 1.165) is 17.5 Å². The van der Waals surface area contributed by atoms with Crippen LogP contribution in [0.1, 0.15) is 31.0 Å². The Morgan fingerprint density at radius 3 is 2.53 bits per heavy atom. The number of halogens is 1. The van der Waals surface area contributed by atoms with E-state index in [1.165, 1.54) is 6.07 Å². The summed E-state index contributed by atoms with van der Waals surface area (Å²) in [5, 5.41) is 0. The molecule has 0 aliphatic carbocycles. The zero-order chi connectivity index (χ0) is 13.8. The second-order valence-corrected chi connectivity index (χ2v) is 4.54. The van der Waals surface area contributed by atoms with Crippen molar-refractivity contribution in [2.45, 2.75) is 26.3 Å². The van der Waals surface area contributed by atoms with Gasteiger partial charge in [-0.25, -0.2) is 4.39 Å². The van der Waals surface area contributed by atoms with Crippen LogP contribution < -0.4 is 10.5 Å². The van der Waals surface area contributed by atoms with E-state index in [1.807, 2.05) is 38.1 Å². The van der Waals surface area contributed by atoms with Crippen LogP contribution in [0.4, 0.5) is 4.39 Å². The first-order valence-electron chi connectivity index (χ1n) is 6.42. The molecule has 0 aliphatic rings. The molecule has 0 fully saturated rings. The Morgan fingerprint density at radius 2 is 1.89 bits per heavy atom. The summed E-state index contributed by atoms with van der Waals surface area (Å²) in [5.41, 5.74) is 7.54. The molecule has 0 heterocycles. The Kier molecular flexibility index (Phi) is 4.17. The average Bonchev–Trinajstić information content (AvgIpc) is 2.41. The number of benzene rings is 2. The van der Waals surface area contributed by atoms with Gasteiger partial charge < -0.3 is 10.5 Å². The molecule has 2 rings (SSSR count). The molecule has 0 spiro atoms. The number of hydrogen-bond donors (Lipinski definition) is 1. The van der Waals surface area contributed by atoms with Gasteiger partial charge in [-0.15, -0.1) is 0 Å². The van der Waals surface area contributed by atoms with Crippen LogP contribution in [0.5, 0.6) is 11.5 Å². The molecule has 0 amide bonds. The van der Waals surface area contributed by atoms with Crippen LogP contribution in [-0.4, -0.2) is 0 Å². The van der Waals surface area contributed by atoms with Crippen molar-refractivity contribution in [2.75, 3.05) is 0 Å². The normalized spacial score (nSPS) is 12.2. The minimum Gasteiger partial charge on any atom is -0.454 e. The van der Waals surface area contributed by atoms with E-state index in [1.54, 1.807) is 12.1 Å². The zero-order valence-corrected chi connectivity index (χ0v) is 11.2. The molecule has 0 bridgehead atoms. The third-order valence-corrected chi connectivity index (χ3v) is 3.06. The molecular weight excluding hydrogens is 241 g/mol. The molecule has 0 saturated heterocycles. The fourth-order valence-electron chi connectivity index (χ4n) is 1.90. The highest BCUT2D eigenvalue weighted by molar-refractivity contribution is 5.39. The summed E-state index contributed by atoms with van der Waals surface area (Å²) in [6.45, 7) is 3.86. The van der Waals surface area contributed by atoms with Crippen molar-refractivity contribution in [3.05, 3.63) is 59.4 Å². The minimum atomic E-state index is -0.388. The summed E-state index contributed by atoms with van der Waals surface area (Å²) in [6.07, 6.45) is 0.843. The van der Waals surface area contributed by atoms with Crippen molar-refractivity contribution >= 4 is 0 Å². The molecule has 2 aromatic carbocycles. The molecule has 0 unspecified atom stereocenters. The third-order valence-electron chi connectivity index (χ3n) is 3.06. The van der Waals surface area contributed by atoms with Gasteiger partial charge in [-0.2, -0.15) is 0 Å². The Bertz CT molecular complexity index is 566. The van der Waals surface area contributed by atoms with Gasteiger partial charge in [0.05, 0.1) is 0 Å². The van der Waals surface area contributed by atoms with E-state index in [2.05, 4.69) is 0 Å². The van der Waals surface area contributed by atoms with Crippen molar-refractivity contribution in [3.63, 3.8) is 0 Å². The van der Waals surface area contributed by atoms with Crippen LogP contribution in [0.15, 0.2) is 42.5 Å². The van der Waals surface area contributed by atoms with E-state index >= 15 is 0 Å². The van der Waals surface area contributed by atoms with Crippen LogP contribution in [0, 0.1) is 5.82 Å². The minimum absolute atomic E-state index is 0.188. The van der Waals surface area contributed by atoms with Crippen LogP contribution in [0.25, 0.3) is 0 Å². The number of ether oxygens (including phenoxy) is 1. The Morgan fingerprint density at radius 1 is 1.16 bits per heavy atom. The number of nitrogens with two attached hydrogens (primary N) is 1. The Hall–Kier alpha value is -1.87. The van der Waals surface area contributed by atoms with Crippen LogP contribution in [0.3, 0.4) is 0 Å². The second kappa shape index (κ2) is 5.85. The number of hydrogen-bond acceptors (Lipinski definition) is 2. The molecule has 2 aromatic rings. The molecule has 3 heteroatoms. The van der Waals surface area contributed by atoms with Gasteiger partial charge in [0.15, 0.2) is 11.6 Å². The fraction of sp³-hybridized carbons (Fsp3) is 0.250. The highest BCUT2D eigenvalue weighted by Crippen LogP contribution is 2.29. The molecule has 2 N–H and O–H groups in total. The topological polar surface area (TPSA) is 35.2 Å². The van der Waals surface area contributed by atoms with E-state index < -0.39 is 0 Å². The second-order valence-electron chi connectivity index (χ2n) is 4.54. The van der Waals surface area contributed by atoms with Crippen molar-refractivity contribution in [2.24, 2.45) is 5.73 Å². The molecular formula is C16H18FNO. The predicted molar refractivity (Wildman–Crippen MR) is 74.9 cm³/mol. The lowest BCUT2D eigenvalue weighted by Crippen LogP contribution is -2.05. The van der Waals surface area contributed by atoms with Gasteiger partial charge >= 0.3 is 0 Å². The quantitative estimate of drug-likeness (QED) is 0.893. The molecule has 0 saturated carbocycles. The molecule has 1 atom stereocenters. The molecule has 0 aliphatic heterocycles. The van der Waals surface area contributed by atoms with Gasteiger partial charge in [0, 0.05) is 6.04 Å². The number of aryl methyl sites for hydroxylation is 1. The predicted octanol–water partition coefficient (Wildman–Crippen LogP) is 4.20. The highest BCUT2D eigenvalue weighted by Gasteiger charge is 2.09. The lowest BCUT2D eigenvalue weighted by molar-refractivity contribution is 0.437. The summed E-state index contributed by atoms with van der Waals surface area (Å²) in [5.74, 6) is 0.531. The fourth-order valence-corrected chi connectivity index (χ4v) is 1.90. The first-order valence-corrected chi connectivity index (χ1v) is 6.42. The van der Waals surface area contributed by atoms with Crippen LogP contribution >= 0.6 is 0 Å². The van der Waals surface area contributed by atoms with E-state index in [-0.39, 0.29) is 17.6 Å². The smallest absolute Gasteiger partial charge is 0.166 e. The number of para-hydroxylation sites is 1.